The van der Waals surface area contributed by atoms with Crippen LogP contribution < -0.4 is 10.6 Å². The van der Waals surface area contributed by atoms with Crippen molar-refractivity contribution in [3.63, 3.8) is 0 Å². The van der Waals surface area contributed by atoms with E-state index >= 15 is 0 Å². The topological polar surface area (TPSA) is 91.2 Å². The summed E-state index contributed by atoms with van der Waals surface area (Å²) in [6, 6.07) is 5.68. The lowest BCUT2D eigenvalue weighted by atomic mass is 9.83. The Morgan fingerprint density at radius 2 is 2.04 bits per heavy atom. The summed E-state index contributed by atoms with van der Waals surface area (Å²) in [5.41, 5.74) is 0.0715. The molecule has 2 N–H and O–H groups in total. The fourth-order valence-corrected chi connectivity index (χ4v) is 3.55. The molecule has 2 saturated carbocycles. The van der Waals surface area contributed by atoms with Crippen LogP contribution in [0.2, 0.25) is 0 Å². The van der Waals surface area contributed by atoms with Crippen LogP contribution in [0.25, 0.3) is 0 Å². The van der Waals surface area contributed by atoms with Gasteiger partial charge in [-0.3, -0.25) is 9.59 Å². The Morgan fingerprint density at radius 3 is 2.68 bits per heavy atom. The SMILES string of the molecule is CCCO[C@@H]1C[C@@H](C(=O)NC2CC2)CC[C@H]1NC(=O)c1ccc(C#N)cc1F. The summed E-state index contributed by atoms with van der Waals surface area (Å²) in [5.74, 6) is -1.31. The zero-order chi connectivity index (χ0) is 20.1. The van der Waals surface area contributed by atoms with Crippen molar-refractivity contribution in [3.05, 3.63) is 35.1 Å². The first-order valence-corrected chi connectivity index (χ1v) is 9.94. The van der Waals surface area contributed by atoms with E-state index in [2.05, 4.69) is 10.6 Å². The van der Waals surface area contributed by atoms with Crippen molar-refractivity contribution in [1.82, 2.24) is 10.6 Å². The number of halogens is 1. The van der Waals surface area contributed by atoms with Gasteiger partial charge in [0.1, 0.15) is 5.82 Å². The second-order valence-electron chi connectivity index (χ2n) is 7.59. The predicted molar refractivity (Wildman–Crippen MR) is 101 cm³/mol. The van der Waals surface area contributed by atoms with E-state index in [4.69, 9.17) is 10.00 Å². The maximum absolute atomic E-state index is 14.1. The molecule has 3 rings (SSSR count). The molecule has 2 fully saturated rings. The van der Waals surface area contributed by atoms with Crippen LogP contribution in [0.3, 0.4) is 0 Å². The van der Waals surface area contributed by atoms with Crippen molar-refractivity contribution >= 4 is 11.8 Å². The van der Waals surface area contributed by atoms with Gasteiger partial charge in [0.05, 0.1) is 29.3 Å². The van der Waals surface area contributed by atoms with Gasteiger partial charge in [-0.2, -0.15) is 5.26 Å². The molecule has 6 nitrogen and oxygen atoms in total. The Bertz CT molecular complexity index is 773. The standard InChI is InChI=1S/C21H26FN3O3/c1-2-9-28-19-11-14(20(26)24-15-5-6-15)4-8-18(19)25-21(27)16-7-3-13(12-23)10-17(16)22/h3,7,10,14-15,18-19H,2,4-6,8-9,11H2,1H3,(H,24,26)(H,25,27)/t14-,18+,19+/m0/s1. The molecule has 0 spiro atoms. The Kier molecular flexibility index (Phi) is 6.63. The summed E-state index contributed by atoms with van der Waals surface area (Å²) >= 11 is 0. The van der Waals surface area contributed by atoms with Crippen LogP contribution in [0, 0.1) is 23.1 Å². The molecule has 0 saturated heterocycles. The Balaban J connectivity index is 1.64. The molecule has 28 heavy (non-hydrogen) atoms. The van der Waals surface area contributed by atoms with Crippen LogP contribution in [0.15, 0.2) is 18.2 Å². The van der Waals surface area contributed by atoms with Gasteiger partial charge in [0.25, 0.3) is 5.91 Å². The lowest BCUT2D eigenvalue weighted by Crippen LogP contribution is -2.50. The van der Waals surface area contributed by atoms with E-state index in [1.165, 1.54) is 12.1 Å². The number of nitriles is 1. The maximum atomic E-state index is 14.1. The van der Waals surface area contributed by atoms with Crippen molar-refractivity contribution in [2.45, 2.75) is 63.6 Å². The van der Waals surface area contributed by atoms with Gasteiger partial charge in [0.2, 0.25) is 5.91 Å². The van der Waals surface area contributed by atoms with Gasteiger partial charge < -0.3 is 15.4 Å². The summed E-state index contributed by atoms with van der Waals surface area (Å²) in [7, 11) is 0. The largest absolute Gasteiger partial charge is 0.376 e. The van der Waals surface area contributed by atoms with Gasteiger partial charge in [-0.05, 0) is 56.7 Å². The monoisotopic (exact) mass is 387 g/mol. The van der Waals surface area contributed by atoms with Crippen molar-refractivity contribution in [3.8, 4) is 6.07 Å². The second kappa shape index (κ2) is 9.16. The van der Waals surface area contributed by atoms with E-state index in [-0.39, 0.29) is 35.1 Å². The fourth-order valence-electron chi connectivity index (χ4n) is 3.55. The number of nitrogens with zero attached hydrogens (tertiary/aromatic N) is 1. The van der Waals surface area contributed by atoms with Crippen molar-refractivity contribution in [2.24, 2.45) is 5.92 Å². The number of rotatable bonds is 7. The van der Waals surface area contributed by atoms with Crippen molar-refractivity contribution in [1.29, 1.82) is 5.26 Å². The van der Waals surface area contributed by atoms with Crippen LogP contribution in [-0.2, 0) is 9.53 Å². The highest BCUT2D eigenvalue weighted by atomic mass is 19.1. The highest BCUT2D eigenvalue weighted by Gasteiger charge is 2.37. The van der Waals surface area contributed by atoms with Gasteiger partial charge in [-0.25, -0.2) is 4.39 Å². The van der Waals surface area contributed by atoms with Crippen LogP contribution in [-0.4, -0.2) is 36.6 Å². The van der Waals surface area contributed by atoms with Crippen molar-refractivity contribution in [2.75, 3.05) is 6.61 Å². The van der Waals surface area contributed by atoms with E-state index < -0.39 is 11.7 Å². The molecule has 1 aromatic carbocycles. The number of benzene rings is 1. The van der Waals surface area contributed by atoms with Crippen LogP contribution in [0.1, 0.15) is 61.4 Å². The summed E-state index contributed by atoms with van der Waals surface area (Å²) in [4.78, 5) is 24.9. The first kappa shape index (κ1) is 20.3. The Hall–Kier alpha value is -2.46. The minimum absolute atomic E-state index is 0.0653. The molecule has 3 atom stereocenters. The lowest BCUT2D eigenvalue weighted by molar-refractivity contribution is -0.128. The zero-order valence-electron chi connectivity index (χ0n) is 16.0. The van der Waals surface area contributed by atoms with E-state index in [1.54, 1.807) is 0 Å². The molecule has 2 aliphatic carbocycles. The molecule has 0 aliphatic heterocycles. The molecule has 7 heteroatoms. The summed E-state index contributed by atoms with van der Waals surface area (Å²) in [6.07, 6.45) is 4.44. The average molecular weight is 387 g/mol. The molecule has 1 aromatic rings. The average Bonchev–Trinajstić information content (AvgIpc) is 3.50. The molecule has 2 amide bonds. The molecule has 0 aromatic heterocycles. The smallest absolute Gasteiger partial charge is 0.254 e. The van der Waals surface area contributed by atoms with E-state index in [0.717, 1.165) is 25.3 Å². The third-order valence-electron chi connectivity index (χ3n) is 5.28. The van der Waals surface area contributed by atoms with Crippen LogP contribution in [0.5, 0.6) is 0 Å². The van der Waals surface area contributed by atoms with Gasteiger partial charge in [0.15, 0.2) is 0 Å². The summed E-state index contributed by atoms with van der Waals surface area (Å²) < 4.78 is 20.1. The number of carbonyl (C=O) groups excluding carboxylic acids is 2. The Morgan fingerprint density at radius 1 is 1.25 bits per heavy atom. The molecule has 0 unspecified atom stereocenters. The zero-order valence-corrected chi connectivity index (χ0v) is 16.0. The summed E-state index contributed by atoms with van der Waals surface area (Å²) in [6.45, 7) is 2.54. The molecule has 0 heterocycles. The highest BCUT2D eigenvalue weighted by Crippen LogP contribution is 2.29. The van der Waals surface area contributed by atoms with E-state index in [9.17, 15) is 14.0 Å². The summed E-state index contributed by atoms with van der Waals surface area (Å²) in [5, 5.41) is 14.7. The lowest BCUT2D eigenvalue weighted by Gasteiger charge is -2.36. The Labute approximate surface area is 164 Å². The molecule has 150 valence electrons. The quantitative estimate of drug-likeness (QED) is 0.752. The molecular formula is C21H26FN3O3. The molecule has 2 aliphatic rings. The molecule has 0 bridgehead atoms. The number of ether oxygens (including phenoxy) is 1. The minimum atomic E-state index is -0.722. The molecule has 0 radical (unpaired) electrons. The van der Waals surface area contributed by atoms with E-state index in [0.29, 0.717) is 31.9 Å². The first-order chi connectivity index (χ1) is 13.5. The number of nitrogens with one attached hydrogen (secondary N) is 2. The third kappa shape index (κ3) is 5.08. The molecular weight excluding hydrogens is 361 g/mol. The van der Waals surface area contributed by atoms with Crippen molar-refractivity contribution < 1.29 is 18.7 Å². The number of hydrogen-bond donors (Lipinski definition) is 2. The third-order valence-corrected chi connectivity index (χ3v) is 5.28. The number of hydrogen-bond acceptors (Lipinski definition) is 4. The van der Waals surface area contributed by atoms with E-state index in [1.807, 2.05) is 13.0 Å². The minimum Gasteiger partial charge on any atom is -0.376 e. The maximum Gasteiger partial charge on any atom is 0.254 e. The number of carbonyl (C=O) groups is 2. The van der Waals surface area contributed by atoms with Gasteiger partial charge in [0, 0.05) is 18.6 Å². The normalized spacial score (nSPS) is 24.2. The first-order valence-electron chi connectivity index (χ1n) is 9.94. The van der Waals surface area contributed by atoms with Crippen LogP contribution in [0.4, 0.5) is 4.39 Å². The second-order valence-corrected chi connectivity index (χ2v) is 7.59. The highest BCUT2D eigenvalue weighted by molar-refractivity contribution is 5.94. The van der Waals surface area contributed by atoms with Crippen LogP contribution >= 0.6 is 0 Å². The predicted octanol–water partition coefficient (Wildman–Crippen LogP) is 2.67. The van der Waals surface area contributed by atoms with Gasteiger partial charge >= 0.3 is 0 Å². The fraction of sp³-hybridized carbons (Fsp3) is 0.571. The number of amides is 2. The van der Waals surface area contributed by atoms with Gasteiger partial charge in [-0.1, -0.05) is 6.92 Å². The van der Waals surface area contributed by atoms with Gasteiger partial charge in [-0.15, -0.1) is 0 Å².